The largest absolute Gasteiger partial charge is 0.497 e. The Morgan fingerprint density at radius 3 is 2.09 bits per heavy atom. The van der Waals surface area contributed by atoms with Crippen molar-refractivity contribution in [1.82, 2.24) is 9.55 Å². The first kappa shape index (κ1) is 34.9. The molecule has 7 N–H and O–H groups in total. The van der Waals surface area contributed by atoms with Crippen molar-refractivity contribution in [3.63, 3.8) is 0 Å². The minimum absolute atomic E-state index is 0.173. The molecule has 0 unspecified atom stereocenters. The van der Waals surface area contributed by atoms with E-state index in [1.807, 2.05) is 12.1 Å². The Morgan fingerprint density at radius 2 is 1.61 bits per heavy atom. The standard InChI is InChI=1S/C15H18O8P2.C10H13N5O4/c1-23-14-8-6-13(7-9-14)12-4-2-11(3-5-12)10-15(16,24(17,18)19)25(20,21)22;1-5-3-15(10(18)12-9(5)17)8-2-6(13-14-11)7(4-16)19-8/h2-9,16H,10H2,1H3,(H2,17,18,19)(H2,20,21,22);3,6-8,16H,2,4H2,1H3,(H,12,17,18)/t;6-,7+,8+/m.0/s1. The van der Waals surface area contributed by atoms with Crippen LogP contribution in [0.4, 0.5) is 0 Å². The number of aromatic amines is 1. The molecule has 0 saturated carbocycles. The third kappa shape index (κ3) is 7.92. The van der Waals surface area contributed by atoms with Crippen molar-refractivity contribution in [1.29, 1.82) is 0 Å². The number of methoxy groups -OCH3 is 1. The third-order valence-electron chi connectivity index (χ3n) is 6.79. The van der Waals surface area contributed by atoms with Gasteiger partial charge in [-0.1, -0.05) is 41.5 Å². The molecule has 44 heavy (non-hydrogen) atoms. The van der Waals surface area contributed by atoms with Crippen LogP contribution in [0.25, 0.3) is 21.6 Å². The van der Waals surface area contributed by atoms with Crippen LogP contribution < -0.4 is 16.0 Å². The molecule has 0 spiro atoms. The van der Waals surface area contributed by atoms with E-state index >= 15 is 0 Å². The first-order chi connectivity index (χ1) is 20.5. The van der Waals surface area contributed by atoms with E-state index in [9.17, 15) is 43.4 Å². The van der Waals surface area contributed by atoms with Gasteiger partial charge in [-0.2, -0.15) is 0 Å². The van der Waals surface area contributed by atoms with E-state index in [0.29, 0.717) is 11.3 Å². The molecule has 1 aliphatic rings. The number of H-pyrrole nitrogens is 1. The Labute approximate surface area is 249 Å². The third-order valence-corrected chi connectivity index (χ3v) is 10.5. The Balaban J connectivity index is 0.000000249. The van der Waals surface area contributed by atoms with Gasteiger partial charge in [-0.3, -0.25) is 23.5 Å². The van der Waals surface area contributed by atoms with Gasteiger partial charge in [0.15, 0.2) is 0 Å². The van der Waals surface area contributed by atoms with Gasteiger partial charge in [-0.05, 0) is 41.3 Å². The molecule has 4 rings (SSSR count). The Morgan fingerprint density at radius 1 is 1.07 bits per heavy atom. The average Bonchev–Trinajstić information content (AvgIpc) is 3.37. The summed E-state index contributed by atoms with van der Waals surface area (Å²) in [5.41, 5.74) is 9.56. The van der Waals surface area contributed by atoms with Gasteiger partial charge in [0, 0.05) is 29.5 Å². The molecule has 2 aromatic carbocycles. The molecular weight excluding hydrogens is 624 g/mol. The molecule has 0 radical (unpaired) electrons. The van der Waals surface area contributed by atoms with Crippen molar-refractivity contribution < 1.29 is 48.4 Å². The molecule has 1 aliphatic heterocycles. The fraction of sp³-hybridized carbons (Fsp3) is 0.360. The first-order valence-corrected chi connectivity index (χ1v) is 16.0. The molecule has 3 aromatic rings. The molecular formula is C25H31N5O12P2. The first-order valence-electron chi connectivity index (χ1n) is 12.7. The Hall–Kier alpha value is -3.59. The number of hydrogen-bond acceptors (Lipinski definition) is 9. The summed E-state index contributed by atoms with van der Waals surface area (Å²) in [7, 11) is -9.40. The number of aliphatic hydroxyl groups excluding tert-OH is 1. The number of hydrogen-bond donors (Lipinski definition) is 7. The molecule has 1 saturated heterocycles. The predicted octanol–water partition coefficient (Wildman–Crippen LogP) is 1.71. The molecule has 2 heterocycles. The maximum absolute atomic E-state index is 11.7. The zero-order valence-corrected chi connectivity index (χ0v) is 25.2. The summed E-state index contributed by atoms with van der Waals surface area (Å²) in [5.74, 6) is 0.689. The van der Waals surface area contributed by atoms with Crippen LogP contribution in [0.3, 0.4) is 0 Å². The van der Waals surface area contributed by atoms with Crippen molar-refractivity contribution in [2.75, 3.05) is 13.7 Å². The highest BCUT2D eigenvalue weighted by atomic mass is 31.2. The van der Waals surface area contributed by atoms with Crippen LogP contribution in [0.2, 0.25) is 0 Å². The van der Waals surface area contributed by atoms with Crippen molar-refractivity contribution in [3.8, 4) is 16.9 Å². The Kier molecular flexibility index (Phi) is 11.1. The summed E-state index contributed by atoms with van der Waals surface area (Å²) in [6.07, 6.45) is -0.556. The van der Waals surface area contributed by atoms with Crippen molar-refractivity contribution in [3.05, 3.63) is 97.1 Å². The molecule has 0 amide bonds. The van der Waals surface area contributed by atoms with E-state index in [4.69, 9.17) is 20.1 Å². The second-order valence-electron chi connectivity index (χ2n) is 9.76. The fourth-order valence-corrected chi connectivity index (χ4v) is 6.42. The number of benzene rings is 2. The summed E-state index contributed by atoms with van der Waals surface area (Å²) in [5, 5.41) is 19.2. The monoisotopic (exact) mass is 655 g/mol. The van der Waals surface area contributed by atoms with Crippen LogP contribution in [0.5, 0.6) is 5.75 Å². The van der Waals surface area contributed by atoms with E-state index in [1.54, 1.807) is 38.3 Å². The maximum atomic E-state index is 11.7. The summed E-state index contributed by atoms with van der Waals surface area (Å²) < 4.78 is 34.5. The molecule has 0 bridgehead atoms. The van der Waals surface area contributed by atoms with Crippen LogP contribution in [0.15, 0.2) is 69.4 Å². The fourth-order valence-electron chi connectivity index (χ4n) is 4.29. The van der Waals surface area contributed by atoms with Gasteiger partial charge in [-0.15, -0.1) is 0 Å². The van der Waals surface area contributed by atoms with Crippen molar-refractivity contribution >= 4 is 15.2 Å². The van der Waals surface area contributed by atoms with Crippen LogP contribution >= 0.6 is 15.2 Å². The number of azide groups is 1. The van der Waals surface area contributed by atoms with Gasteiger partial charge >= 0.3 is 20.9 Å². The Bertz CT molecular complexity index is 1690. The molecule has 1 fully saturated rings. The zero-order chi connectivity index (χ0) is 32.9. The van der Waals surface area contributed by atoms with Gasteiger partial charge in [0.05, 0.1) is 25.9 Å². The lowest BCUT2D eigenvalue weighted by Gasteiger charge is -2.29. The number of aromatic nitrogens is 2. The van der Waals surface area contributed by atoms with E-state index in [-0.39, 0.29) is 18.6 Å². The molecule has 1 aromatic heterocycles. The molecule has 238 valence electrons. The van der Waals surface area contributed by atoms with E-state index in [1.165, 1.54) is 22.9 Å². The van der Waals surface area contributed by atoms with Gasteiger partial charge in [0.2, 0.25) is 0 Å². The summed E-state index contributed by atoms with van der Waals surface area (Å²) in [6.45, 7) is 1.26. The highest BCUT2D eigenvalue weighted by Gasteiger charge is 2.59. The van der Waals surface area contributed by atoms with Crippen LogP contribution in [-0.2, 0) is 20.3 Å². The highest BCUT2D eigenvalue weighted by Crippen LogP contribution is 2.68. The number of nitrogens with zero attached hydrogens (tertiary/aromatic N) is 4. The summed E-state index contributed by atoms with van der Waals surface area (Å²) in [6, 6.07) is 12.7. The normalized spacial score (nSPS) is 18.6. The number of nitrogens with one attached hydrogen (secondary N) is 1. The molecule has 3 atom stereocenters. The smallest absolute Gasteiger partial charge is 0.369 e. The quantitative estimate of drug-likeness (QED) is 0.0751. The van der Waals surface area contributed by atoms with Gasteiger partial charge in [0.25, 0.3) is 10.6 Å². The molecule has 17 nitrogen and oxygen atoms in total. The van der Waals surface area contributed by atoms with Crippen molar-refractivity contribution in [2.24, 2.45) is 5.11 Å². The van der Waals surface area contributed by atoms with E-state index < -0.39 is 56.3 Å². The van der Waals surface area contributed by atoms with Gasteiger partial charge < -0.3 is 39.3 Å². The lowest BCUT2D eigenvalue weighted by atomic mass is 10.0. The van der Waals surface area contributed by atoms with E-state index in [0.717, 1.165) is 11.1 Å². The SMILES string of the molecule is COc1ccc(-c2ccc(CC(O)(P(=O)(O)O)P(=O)(O)O)cc2)cc1.Cc1cn([C@H]2C[C@H](N=[N+]=[N-])[C@@H](CO)O2)c(=O)[nH]c1=O. The summed E-state index contributed by atoms with van der Waals surface area (Å²) >= 11 is 0. The van der Waals surface area contributed by atoms with Crippen LogP contribution in [0.1, 0.15) is 23.8 Å². The van der Waals surface area contributed by atoms with Gasteiger partial charge in [0.1, 0.15) is 12.0 Å². The molecule has 19 heteroatoms. The van der Waals surface area contributed by atoms with Gasteiger partial charge in [-0.25, -0.2) is 4.79 Å². The second kappa shape index (κ2) is 14.0. The number of ether oxygens (including phenoxy) is 2. The van der Waals surface area contributed by atoms with Crippen molar-refractivity contribution in [2.45, 2.75) is 43.2 Å². The summed E-state index contributed by atoms with van der Waals surface area (Å²) in [4.78, 5) is 64.5. The zero-order valence-electron chi connectivity index (χ0n) is 23.4. The minimum atomic E-state index is -5.48. The maximum Gasteiger partial charge on any atom is 0.369 e. The lowest BCUT2D eigenvalue weighted by molar-refractivity contribution is -0.0271. The highest BCUT2D eigenvalue weighted by molar-refractivity contribution is 7.72. The lowest BCUT2D eigenvalue weighted by Crippen LogP contribution is -2.33. The minimum Gasteiger partial charge on any atom is -0.497 e. The average molecular weight is 655 g/mol. The number of aliphatic hydroxyl groups is 2. The number of rotatable bonds is 9. The topological polar surface area (TPSA) is 278 Å². The number of aryl methyl sites for hydroxylation is 1. The van der Waals surface area contributed by atoms with E-state index in [2.05, 4.69) is 15.0 Å². The molecule has 0 aliphatic carbocycles. The van der Waals surface area contributed by atoms with Crippen LogP contribution in [-0.4, -0.2) is 70.3 Å². The predicted molar refractivity (Wildman–Crippen MR) is 156 cm³/mol. The second-order valence-corrected chi connectivity index (χ2v) is 13.8. The van der Waals surface area contributed by atoms with Crippen LogP contribution in [0, 0.1) is 6.92 Å².